The van der Waals surface area contributed by atoms with Gasteiger partial charge in [0.25, 0.3) is 0 Å². The third kappa shape index (κ3) is 4.40. The van der Waals surface area contributed by atoms with Crippen molar-refractivity contribution in [2.24, 2.45) is 11.7 Å². The zero-order chi connectivity index (χ0) is 11.3. The lowest BCUT2D eigenvalue weighted by Gasteiger charge is -2.16. The number of para-hydroxylation sites is 1. The van der Waals surface area contributed by atoms with Gasteiger partial charge in [-0.2, -0.15) is 0 Å². The number of benzene rings is 1. The van der Waals surface area contributed by atoms with Gasteiger partial charge in [-0.15, -0.1) is 0 Å². The van der Waals surface area contributed by atoms with Gasteiger partial charge in [0.05, 0.1) is 11.0 Å². The van der Waals surface area contributed by atoms with Crippen molar-refractivity contribution in [1.82, 2.24) is 0 Å². The quantitative estimate of drug-likeness (QED) is 0.769. The molecule has 2 nitrogen and oxygen atoms in total. The molecule has 0 amide bonds. The molecular weight excluding hydrogens is 204 g/mol. The highest BCUT2D eigenvalue weighted by Crippen LogP contribution is 2.09. The van der Waals surface area contributed by atoms with Crippen LogP contribution in [0.3, 0.4) is 0 Å². The van der Waals surface area contributed by atoms with E-state index in [0.29, 0.717) is 5.92 Å². The average Bonchev–Trinajstić information content (AvgIpc) is 2.18. The summed E-state index contributed by atoms with van der Waals surface area (Å²) >= 11 is 5.24. The fourth-order valence-corrected chi connectivity index (χ4v) is 1.59. The van der Waals surface area contributed by atoms with Gasteiger partial charge in [0.15, 0.2) is 0 Å². The largest absolute Gasteiger partial charge is 0.349 e. The fraction of sp³-hybridized carbons (Fsp3) is 0.417. The minimum Gasteiger partial charge on any atom is -0.349 e. The molecule has 0 saturated heterocycles. The Hall–Kier alpha value is -0.930. The molecule has 1 aromatic carbocycles. The second-order valence-electron chi connectivity index (χ2n) is 4.09. The van der Waals surface area contributed by atoms with Crippen molar-refractivity contribution < 1.29 is 0 Å². The minimum atomic E-state index is -0.0554. The van der Waals surface area contributed by atoms with Crippen LogP contribution >= 0.6 is 12.2 Å². The molecule has 0 saturated carbocycles. The van der Waals surface area contributed by atoms with E-state index in [4.69, 9.17) is 18.0 Å². The molecule has 0 heterocycles. The topological polar surface area (TPSA) is 38.0 Å². The van der Waals surface area contributed by atoms with E-state index in [9.17, 15) is 0 Å². The molecule has 0 aliphatic carbocycles. The average molecular weight is 222 g/mol. The van der Waals surface area contributed by atoms with E-state index in [0.717, 1.165) is 17.1 Å². The first-order valence-corrected chi connectivity index (χ1v) is 5.62. The summed E-state index contributed by atoms with van der Waals surface area (Å²) in [5.74, 6) is 0.565. The van der Waals surface area contributed by atoms with Crippen molar-refractivity contribution >= 4 is 22.9 Å². The third-order valence-corrected chi connectivity index (χ3v) is 2.51. The Labute approximate surface area is 96.9 Å². The zero-order valence-corrected chi connectivity index (χ0v) is 10.1. The van der Waals surface area contributed by atoms with Crippen molar-refractivity contribution in [3.8, 4) is 0 Å². The summed E-state index contributed by atoms with van der Waals surface area (Å²) in [6, 6.07) is 9.82. The Balaban J connectivity index is 2.49. The maximum absolute atomic E-state index is 5.96. The Morgan fingerprint density at radius 3 is 2.47 bits per heavy atom. The van der Waals surface area contributed by atoms with E-state index >= 15 is 0 Å². The SMILES string of the molecule is CC(C)C[C@H](N)C(=S)Nc1ccccc1. The van der Waals surface area contributed by atoms with Gasteiger partial charge >= 0.3 is 0 Å². The lowest BCUT2D eigenvalue weighted by Crippen LogP contribution is -2.35. The summed E-state index contributed by atoms with van der Waals surface area (Å²) in [4.78, 5) is 0.718. The maximum atomic E-state index is 5.96. The van der Waals surface area contributed by atoms with Gasteiger partial charge in [0.2, 0.25) is 0 Å². The van der Waals surface area contributed by atoms with Gasteiger partial charge in [-0.1, -0.05) is 44.3 Å². The van der Waals surface area contributed by atoms with Crippen LogP contribution < -0.4 is 11.1 Å². The standard InChI is InChI=1S/C12H18N2S/c1-9(2)8-11(13)12(15)14-10-6-4-3-5-7-10/h3-7,9,11H,8,13H2,1-2H3,(H,14,15)/t11-/m0/s1. The maximum Gasteiger partial charge on any atom is 0.0967 e. The third-order valence-electron chi connectivity index (χ3n) is 2.10. The number of hydrogen-bond donors (Lipinski definition) is 2. The van der Waals surface area contributed by atoms with Gasteiger partial charge < -0.3 is 11.1 Å². The fourth-order valence-electron chi connectivity index (χ4n) is 1.37. The molecule has 0 radical (unpaired) electrons. The number of rotatable bonds is 4. The monoisotopic (exact) mass is 222 g/mol. The van der Waals surface area contributed by atoms with Gasteiger partial charge in [0, 0.05) is 5.69 Å². The minimum absolute atomic E-state index is 0.0554. The van der Waals surface area contributed by atoms with E-state index in [2.05, 4.69) is 19.2 Å². The highest BCUT2D eigenvalue weighted by molar-refractivity contribution is 7.80. The molecule has 0 aromatic heterocycles. The number of nitrogens with two attached hydrogens (primary N) is 1. The van der Waals surface area contributed by atoms with Crippen LogP contribution in [0.25, 0.3) is 0 Å². The summed E-state index contributed by atoms with van der Waals surface area (Å²) in [5, 5.41) is 3.15. The molecule has 0 bridgehead atoms. The molecule has 0 unspecified atom stereocenters. The van der Waals surface area contributed by atoms with Gasteiger partial charge in [-0.05, 0) is 24.5 Å². The van der Waals surface area contributed by atoms with Crippen LogP contribution in [0.2, 0.25) is 0 Å². The van der Waals surface area contributed by atoms with Gasteiger partial charge in [-0.3, -0.25) is 0 Å². The molecule has 0 fully saturated rings. The Bertz CT molecular complexity index is 309. The van der Waals surface area contributed by atoms with E-state index in [1.54, 1.807) is 0 Å². The van der Waals surface area contributed by atoms with Crippen LogP contribution in [0.1, 0.15) is 20.3 Å². The Morgan fingerprint density at radius 2 is 1.93 bits per heavy atom. The van der Waals surface area contributed by atoms with Gasteiger partial charge in [-0.25, -0.2) is 0 Å². The van der Waals surface area contributed by atoms with Crippen molar-refractivity contribution in [3.63, 3.8) is 0 Å². The van der Waals surface area contributed by atoms with Crippen molar-refractivity contribution in [1.29, 1.82) is 0 Å². The number of nitrogens with one attached hydrogen (secondary N) is 1. The molecule has 0 aliphatic rings. The molecule has 0 aliphatic heterocycles. The zero-order valence-electron chi connectivity index (χ0n) is 9.23. The lowest BCUT2D eigenvalue weighted by atomic mass is 10.0. The second-order valence-corrected chi connectivity index (χ2v) is 4.53. The Kier molecular flexibility index (Phi) is 4.72. The summed E-state index contributed by atoms with van der Waals surface area (Å²) in [7, 11) is 0. The van der Waals surface area contributed by atoms with E-state index < -0.39 is 0 Å². The first-order chi connectivity index (χ1) is 7.09. The van der Waals surface area contributed by atoms with E-state index in [-0.39, 0.29) is 6.04 Å². The van der Waals surface area contributed by atoms with Crippen molar-refractivity contribution in [3.05, 3.63) is 30.3 Å². The molecule has 1 atom stereocenters. The smallest absolute Gasteiger partial charge is 0.0967 e. The molecule has 0 spiro atoms. The first kappa shape index (κ1) is 12.1. The van der Waals surface area contributed by atoms with Crippen LogP contribution in [0, 0.1) is 5.92 Å². The molecule has 15 heavy (non-hydrogen) atoms. The van der Waals surface area contributed by atoms with E-state index in [1.165, 1.54) is 0 Å². The van der Waals surface area contributed by atoms with Crippen molar-refractivity contribution in [2.45, 2.75) is 26.3 Å². The number of thiocarbonyl (C=S) groups is 1. The normalized spacial score (nSPS) is 12.5. The highest BCUT2D eigenvalue weighted by Gasteiger charge is 2.10. The molecule has 1 rings (SSSR count). The second kappa shape index (κ2) is 5.83. The Morgan fingerprint density at radius 1 is 1.33 bits per heavy atom. The molecule has 1 aromatic rings. The molecular formula is C12H18N2S. The van der Waals surface area contributed by atoms with Crippen LogP contribution in [0.15, 0.2) is 30.3 Å². The van der Waals surface area contributed by atoms with Crippen LogP contribution in [0.5, 0.6) is 0 Å². The lowest BCUT2D eigenvalue weighted by molar-refractivity contribution is 0.562. The molecule has 3 heteroatoms. The van der Waals surface area contributed by atoms with E-state index in [1.807, 2.05) is 30.3 Å². The summed E-state index contributed by atoms with van der Waals surface area (Å²) in [6.45, 7) is 4.29. The number of hydrogen-bond acceptors (Lipinski definition) is 2. The predicted molar refractivity (Wildman–Crippen MR) is 70.1 cm³/mol. The van der Waals surface area contributed by atoms with Crippen LogP contribution in [0.4, 0.5) is 5.69 Å². The van der Waals surface area contributed by atoms with Crippen LogP contribution in [-0.4, -0.2) is 11.0 Å². The highest BCUT2D eigenvalue weighted by atomic mass is 32.1. The summed E-state index contributed by atoms with van der Waals surface area (Å²) < 4.78 is 0. The van der Waals surface area contributed by atoms with Crippen LogP contribution in [-0.2, 0) is 0 Å². The first-order valence-electron chi connectivity index (χ1n) is 5.21. The summed E-state index contributed by atoms with van der Waals surface area (Å²) in [6.07, 6.45) is 0.915. The van der Waals surface area contributed by atoms with Gasteiger partial charge in [0.1, 0.15) is 0 Å². The molecule has 82 valence electrons. The number of anilines is 1. The summed E-state index contributed by atoms with van der Waals surface area (Å²) in [5.41, 5.74) is 6.96. The molecule has 3 N–H and O–H groups in total. The van der Waals surface area contributed by atoms with Crippen molar-refractivity contribution in [2.75, 3.05) is 5.32 Å². The predicted octanol–water partition coefficient (Wildman–Crippen LogP) is 2.80.